The van der Waals surface area contributed by atoms with Crippen molar-refractivity contribution in [2.45, 2.75) is 58.3 Å². The maximum atomic E-state index is 11.0. The molecule has 1 aromatic heterocycles. The van der Waals surface area contributed by atoms with Crippen LogP contribution in [0.2, 0.25) is 0 Å². The van der Waals surface area contributed by atoms with Crippen LogP contribution in [0.25, 0.3) is 0 Å². The van der Waals surface area contributed by atoms with Gasteiger partial charge in [0.25, 0.3) is 0 Å². The number of benzene rings is 1. The molecule has 0 unspecified atom stereocenters. The van der Waals surface area contributed by atoms with Gasteiger partial charge in [-0.25, -0.2) is 0 Å². The van der Waals surface area contributed by atoms with E-state index in [-0.39, 0.29) is 5.97 Å². The smallest absolute Gasteiger partial charge is 0.305 e. The third-order valence-electron chi connectivity index (χ3n) is 4.32. The van der Waals surface area contributed by atoms with E-state index in [2.05, 4.69) is 10.2 Å². The summed E-state index contributed by atoms with van der Waals surface area (Å²) in [6.45, 7) is 3.10. The van der Waals surface area contributed by atoms with E-state index in [1.165, 1.54) is 37.0 Å². The van der Waals surface area contributed by atoms with E-state index in [1.807, 2.05) is 43.3 Å². The van der Waals surface area contributed by atoms with Crippen molar-refractivity contribution in [1.82, 2.24) is 0 Å². The van der Waals surface area contributed by atoms with Gasteiger partial charge in [0.1, 0.15) is 10.8 Å². The van der Waals surface area contributed by atoms with E-state index >= 15 is 0 Å². The van der Waals surface area contributed by atoms with E-state index in [9.17, 15) is 4.79 Å². The Bertz CT molecular complexity index is 744. The number of nitrogens with two attached hydrogens (primary N) is 1. The van der Waals surface area contributed by atoms with Gasteiger partial charge in [0.05, 0.1) is 23.9 Å². The highest BCUT2D eigenvalue weighted by molar-refractivity contribution is 7.19. The van der Waals surface area contributed by atoms with Crippen molar-refractivity contribution in [2.75, 3.05) is 18.9 Å². The Hall–Kier alpha value is -2.41. The molecular formula is C22H31N3O3S. The molecule has 0 aliphatic carbocycles. The molecule has 158 valence electrons. The van der Waals surface area contributed by atoms with E-state index in [0.717, 1.165) is 47.3 Å². The molecule has 0 atom stereocenters. The number of unbranched alkanes of at least 4 members (excludes halogenated alkanes) is 6. The first-order valence-electron chi connectivity index (χ1n) is 10.3. The molecule has 0 saturated carbocycles. The number of anilines is 1. The van der Waals surface area contributed by atoms with Gasteiger partial charge in [-0.1, -0.05) is 50.4 Å². The predicted octanol–water partition coefficient (Wildman–Crippen LogP) is 6.81. The summed E-state index contributed by atoms with van der Waals surface area (Å²) in [5.41, 5.74) is 6.46. The Morgan fingerprint density at radius 2 is 1.55 bits per heavy atom. The van der Waals surface area contributed by atoms with Gasteiger partial charge in [0.2, 0.25) is 0 Å². The number of nitrogen functional groups attached to an aromatic ring is 1. The molecule has 0 fully saturated rings. The molecule has 0 bridgehead atoms. The minimum Gasteiger partial charge on any atom is -0.494 e. The molecule has 2 N–H and O–H groups in total. The van der Waals surface area contributed by atoms with Crippen LogP contribution in [0.4, 0.5) is 15.7 Å². The normalized spacial score (nSPS) is 11.1. The Kier molecular flexibility index (Phi) is 10.8. The zero-order valence-corrected chi connectivity index (χ0v) is 18.0. The second-order valence-corrected chi connectivity index (χ2v) is 7.86. The molecule has 0 aliphatic heterocycles. The number of ether oxygens (including phenoxy) is 2. The number of esters is 1. The van der Waals surface area contributed by atoms with Crippen LogP contribution in [0.15, 0.2) is 46.6 Å². The van der Waals surface area contributed by atoms with Gasteiger partial charge in [-0.3, -0.25) is 4.79 Å². The number of hydrogen-bond donors (Lipinski definition) is 1. The summed E-state index contributed by atoms with van der Waals surface area (Å²) in [7, 11) is 0. The maximum absolute atomic E-state index is 11.0. The first-order chi connectivity index (χ1) is 14.2. The van der Waals surface area contributed by atoms with E-state index in [0.29, 0.717) is 13.0 Å². The molecule has 0 spiro atoms. The fourth-order valence-corrected chi connectivity index (χ4v) is 3.27. The molecule has 6 nitrogen and oxygen atoms in total. The van der Waals surface area contributed by atoms with E-state index < -0.39 is 0 Å². The molecule has 1 heterocycles. The third kappa shape index (κ3) is 10.1. The lowest BCUT2D eigenvalue weighted by atomic mass is 10.1. The van der Waals surface area contributed by atoms with Crippen LogP contribution >= 0.6 is 11.3 Å². The largest absolute Gasteiger partial charge is 0.494 e. The van der Waals surface area contributed by atoms with Crippen molar-refractivity contribution >= 4 is 33.0 Å². The Balaban J connectivity index is 1.48. The van der Waals surface area contributed by atoms with Crippen LogP contribution in [-0.2, 0) is 9.53 Å². The van der Waals surface area contributed by atoms with Gasteiger partial charge in [0.15, 0.2) is 0 Å². The molecule has 2 rings (SSSR count). The van der Waals surface area contributed by atoms with Gasteiger partial charge in [0, 0.05) is 6.42 Å². The third-order valence-corrected chi connectivity index (χ3v) is 5.12. The number of carbonyl (C=O) groups is 1. The lowest BCUT2D eigenvalue weighted by Crippen LogP contribution is -2.03. The summed E-state index contributed by atoms with van der Waals surface area (Å²) < 4.78 is 10.8. The quantitative estimate of drug-likeness (QED) is 0.208. The van der Waals surface area contributed by atoms with Crippen molar-refractivity contribution in [1.29, 1.82) is 0 Å². The van der Waals surface area contributed by atoms with Gasteiger partial charge in [-0.2, -0.15) is 0 Å². The molecular weight excluding hydrogens is 386 g/mol. The predicted molar refractivity (Wildman–Crippen MR) is 118 cm³/mol. The first kappa shape index (κ1) is 22.9. The SMILES string of the molecule is CCC(=O)OCCCCCCCCCOc1ccc(N=Nc2ccc(N)s2)cc1. The number of carbonyl (C=O) groups excluding carboxylic acids is 1. The second kappa shape index (κ2) is 13.7. The van der Waals surface area contributed by atoms with Crippen LogP contribution in [-0.4, -0.2) is 19.2 Å². The summed E-state index contributed by atoms with van der Waals surface area (Å²) >= 11 is 1.41. The van der Waals surface area contributed by atoms with Crippen LogP contribution in [0, 0.1) is 0 Å². The standard InChI is InChI=1S/C22H31N3O3S/c1-2-22(26)28-17-9-7-5-3-4-6-8-16-27-19-12-10-18(11-13-19)24-25-21-15-14-20(23)29-21/h10-15H,2-9,16-17,23H2,1H3. The lowest BCUT2D eigenvalue weighted by molar-refractivity contribution is -0.143. The van der Waals surface area contributed by atoms with Crippen LogP contribution in [0.1, 0.15) is 58.3 Å². The van der Waals surface area contributed by atoms with Gasteiger partial charge in [-0.15, -0.1) is 10.2 Å². The Labute approximate surface area is 177 Å². The van der Waals surface area contributed by atoms with Gasteiger partial charge < -0.3 is 15.2 Å². The van der Waals surface area contributed by atoms with Crippen molar-refractivity contribution in [3.63, 3.8) is 0 Å². The molecule has 0 saturated heterocycles. The zero-order valence-electron chi connectivity index (χ0n) is 17.1. The number of azo groups is 1. The Morgan fingerprint density at radius 3 is 2.17 bits per heavy atom. The summed E-state index contributed by atoms with van der Waals surface area (Å²) in [5, 5.41) is 9.90. The van der Waals surface area contributed by atoms with Crippen molar-refractivity contribution in [3.05, 3.63) is 36.4 Å². The molecule has 2 aromatic rings. The van der Waals surface area contributed by atoms with Crippen LogP contribution in [0.5, 0.6) is 5.75 Å². The summed E-state index contributed by atoms with van der Waals surface area (Å²) in [6.07, 6.45) is 8.39. The molecule has 0 radical (unpaired) electrons. The molecule has 1 aromatic carbocycles. The van der Waals surface area contributed by atoms with Crippen molar-refractivity contribution in [3.8, 4) is 5.75 Å². The topological polar surface area (TPSA) is 86.3 Å². The van der Waals surface area contributed by atoms with Crippen LogP contribution in [0.3, 0.4) is 0 Å². The van der Waals surface area contributed by atoms with Crippen molar-refractivity contribution in [2.24, 2.45) is 10.2 Å². The fourth-order valence-electron chi connectivity index (χ4n) is 2.68. The number of hydrogen-bond acceptors (Lipinski definition) is 7. The van der Waals surface area contributed by atoms with Gasteiger partial charge in [-0.05, 0) is 49.2 Å². The second-order valence-electron chi connectivity index (χ2n) is 6.77. The summed E-state index contributed by atoms with van der Waals surface area (Å²) in [4.78, 5) is 11.0. The van der Waals surface area contributed by atoms with E-state index in [1.54, 1.807) is 0 Å². The summed E-state index contributed by atoms with van der Waals surface area (Å²) in [6, 6.07) is 11.3. The average molecular weight is 418 g/mol. The highest BCUT2D eigenvalue weighted by Gasteiger charge is 1.99. The molecule has 0 amide bonds. The average Bonchev–Trinajstić information content (AvgIpc) is 3.16. The maximum Gasteiger partial charge on any atom is 0.305 e. The minimum atomic E-state index is -0.104. The molecule has 7 heteroatoms. The number of thiophene rings is 1. The van der Waals surface area contributed by atoms with Gasteiger partial charge >= 0.3 is 5.97 Å². The first-order valence-corrected chi connectivity index (χ1v) is 11.1. The molecule has 0 aliphatic rings. The Morgan fingerprint density at radius 1 is 0.897 bits per heavy atom. The van der Waals surface area contributed by atoms with E-state index in [4.69, 9.17) is 15.2 Å². The number of nitrogens with zero attached hydrogens (tertiary/aromatic N) is 2. The highest BCUT2D eigenvalue weighted by Crippen LogP contribution is 2.28. The van der Waals surface area contributed by atoms with Crippen molar-refractivity contribution < 1.29 is 14.3 Å². The monoisotopic (exact) mass is 417 g/mol. The fraction of sp³-hybridized carbons (Fsp3) is 0.500. The van der Waals surface area contributed by atoms with Crippen LogP contribution < -0.4 is 10.5 Å². The highest BCUT2D eigenvalue weighted by atomic mass is 32.1. The lowest BCUT2D eigenvalue weighted by Gasteiger charge is -2.06. The zero-order chi connectivity index (χ0) is 20.7. The minimum absolute atomic E-state index is 0.104. The number of rotatable bonds is 14. The molecule has 29 heavy (non-hydrogen) atoms. The summed E-state index contributed by atoms with van der Waals surface area (Å²) in [5.74, 6) is 0.749.